The summed E-state index contributed by atoms with van der Waals surface area (Å²) in [5.41, 5.74) is 2.21. The molecule has 2 amide bonds. The number of fused-ring (bicyclic) bond motifs is 8. The van der Waals surface area contributed by atoms with Crippen LogP contribution < -0.4 is 10.1 Å². The number of benzene rings is 1. The molecule has 2 unspecified atom stereocenters. The number of methoxy groups -OCH3 is 1. The number of ether oxygens (including phenoxy) is 2. The van der Waals surface area contributed by atoms with Gasteiger partial charge in [-0.15, -0.1) is 0 Å². The summed E-state index contributed by atoms with van der Waals surface area (Å²) in [6, 6.07) is 6.57. The van der Waals surface area contributed by atoms with Crippen LogP contribution in [0, 0.1) is 0 Å². The van der Waals surface area contributed by atoms with Crippen molar-refractivity contribution in [3.63, 3.8) is 0 Å². The van der Waals surface area contributed by atoms with Gasteiger partial charge in [-0.05, 0) is 43.9 Å². The summed E-state index contributed by atoms with van der Waals surface area (Å²) < 4.78 is 17.1. The highest BCUT2D eigenvalue weighted by molar-refractivity contribution is 9.10. The number of aromatic nitrogens is 3. The maximum atomic E-state index is 13.5. The van der Waals surface area contributed by atoms with Crippen molar-refractivity contribution >= 4 is 27.9 Å². The summed E-state index contributed by atoms with van der Waals surface area (Å²) in [6.45, 7) is 0.770. The molecule has 0 radical (unpaired) electrons. The van der Waals surface area contributed by atoms with E-state index < -0.39 is 12.1 Å². The second kappa shape index (κ2) is 9.49. The van der Waals surface area contributed by atoms with Crippen molar-refractivity contribution in [3.05, 3.63) is 52.2 Å². The molecule has 0 saturated carbocycles. The van der Waals surface area contributed by atoms with Gasteiger partial charge in [0.25, 0.3) is 0 Å². The predicted molar refractivity (Wildman–Crippen MR) is 124 cm³/mol. The minimum Gasteiger partial charge on any atom is -0.485 e. The molecule has 10 nitrogen and oxygen atoms in total. The van der Waals surface area contributed by atoms with Gasteiger partial charge in [0.2, 0.25) is 5.91 Å². The van der Waals surface area contributed by atoms with Gasteiger partial charge in [0.1, 0.15) is 24.2 Å². The molecule has 34 heavy (non-hydrogen) atoms. The Morgan fingerprint density at radius 2 is 2.21 bits per heavy atom. The SMILES string of the molecule is COC(=O)NC1CCc2cc(on2)COc2cc(Br)ccc2-c2c[nH]c(n2)C2CCCN2C1=O. The van der Waals surface area contributed by atoms with E-state index in [4.69, 9.17) is 19.0 Å². The lowest BCUT2D eigenvalue weighted by atomic mass is 10.1. The Hall–Kier alpha value is -3.34. The van der Waals surface area contributed by atoms with E-state index in [1.165, 1.54) is 7.11 Å². The van der Waals surface area contributed by atoms with Crippen LogP contribution in [0.15, 0.2) is 39.5 Å². The lowest BCUT2D eigenvalue weighted by molar-refractivity contribution is -0.134. The highest BCUT2D eigenvalue weighted by atomic mass is 79.9. The molecule has 1 fully saturated rings. The number of nitrogens with one attached hydrogen (secondary N) is 2. The number of alkyl carbamates (subject to hydrolysis) is 1. The third-order valence-corrected chi connectivity index (χ3v) is 6.60. The zero-order valence-electron chi connectivity index (χ0n) is 18.5. The van der Waals surface area contributed by atoms with Crippen LogP contribution in [-0.2, 0) is 22.6 Å². The second-order valence-electron chi connectivity index (χ2n) is 8.30. The van der Waals surface area contributed by atoms with E-state index in [0.717, 1.165) is 22.9 Å². The van der Waals surface area contributed by atoms with Crippen molar-refractivity contribution in [2.45, 2.75) is 44.4 Å². The summed E-state index contributed by atoms with van der Waals surface area (Å²) in [6.07, 6.45) is 3.58. The van der Waals surface area contributed by atoms with Crippen LogP contribution in [0.3, 0.4) is 0 Å². The molecule has 178 valence electrons. The van der Waals surface area contributed by atoms with Crippen molar-refractivity contribution in [1.29, 1.82) is 0 Å². The standard InChI is InChI=1S/C23H24BrN5O5/c1-32-23(31)27-17-7-5-14-10-15(34-28-14)12-33-20-9-13(24)4-6-16(20)18-11-25-21(26-18)19-3-2-8-29(19)22(17)30/h4,6,9-11,17,19H,2-3,5,7-8,12H2,1H3,(H,25,26)(H,27,31). The number of imidazole rings is 1. The topological polar surface area (TPSA) is 123 Å². The number of rotatable bonds is 1. The van der Waals surface area contributed by atoms with Crippen LogP contribution in [0.1, 0.15) is 42.6 Å². The highest BCUT2D eigenvalue weighted by Gasteiger charge is 2.36. The number of halogens is 1. The van der Waals surface area contributed by atoms with E-state index in [-0.39, 0.29) is 18.6 Å². The minimum absolute atomic E-state index is 0.172. The summed E-state index contributed by atoms with van der Waals surface area (Å²) in [5.74, 6) is 1.74. The summed E-state index contributed by atoms with van der Waals surface area (Å²) in [5, 5.41) is 6.79. The number of H-pyrrole nitrogens is 1. The Labute approximate surface area is 204 Å². The second-order valence-corrected chi connectivity index (χ2v) is 9.22. The first-order valence-corrected chi connectivity index (χ1v) is 11.9. The van der Waals surface area contributed by atoms with Crippen LogP contribution in [0.5, 0.6) is 5.75 Å². The molecule has 1 aromatic carbocycles. The fraction of sp³-hybridized carbons (Fsp3) is 0.391. The molecule has 1 saturated heterocycles. The van der Waals surface area contributed by atoms with Crippen LogP contribution in [0.4, 0.5) is 4.79 Å². The molecule has 5 rings (SSSR count). The molecule has 0 spiro atoms. The normalized spacial score (nSPS) is 20.3. The molecular formula is C23H24BrN5O5. The van der Waals surface area contributed by atoms with Crippen molar-refractivity contribution in [1.82, 2.24) is 25.3 Å². The average molecular weight is 530 g/mol. The Morgan fingerprint density at radius 1 is 1.32 bits per heavy atom. The third-order valence-electron chi connectivity index (χ3n) is 6.11. The van der Waals surface area contributed by atoms with Crippen molar-refractivity contribution in [3.8, 4) is 17.0 Å². The molecule has 11 heteroatoms. The first-order chi connectivity index (χ1) is 16.5. The summed E-state index contributed by atoms with van der Waals surface area (Å²) in [4.78, 5) is 35.3. The van der Waals surface area contributed by atoms with Crippen molar-refractivity contribution < 1.29 is 23.6 Å². The van der Waals surface area contributed by atoms with Gasteiger partial charge in [0, 0.05) is 28.8 Å². The molecule has 2 aromatic heterocycles. The molecule has 2 aliphatic rings. The van der Waals surface area contributed by atoms with Crippen molar-refractivity contribution in [2.24, 2.45) is 0 Å². The highest BCUT2D eigenvalue weighted by Crippen LogP contribution is 2.36. The maximum absolute atomic E-state index is 13.5. The smallest absolute Gasteiger partial charge is 0.407 e. The van der Waals surface area contributed by atoms with Gasteiger partial charge < -0.3 is 29.2 Å². The molecule has 3 aromatic rings. The Kier molecular flexibility index (Phi) is 6.27. The van der Waals surface area contributed by atoms with E-state index >= 15 is 0 Å². The van der Waals surface area contributed by atoms with Crippen LogP contribution >= 0.6 is 15.9 Å². The van der Waals surface area contributed by atoms with Crippen LogP contribution in [0.2, 0.25) is 0 Å². The number of aromatic amines is 1. The zero-order chi connectivity index (χ0) is 23.7. The number of carbonyl (C=O) groups excluding carboxylic acids is 2. The van der Waals surface area contributed by atoms with Crippen LogP contribution in [-0.4, -0.2) is 51.7 Å². The van der Waals surface area contributed by atoms with E-state index in [0.29, 0.717) is 48.1 Å². The first kappa shape index (κ1) is 22.5. The number of hydrogen-bond acceptors (Lipinski definition) is 7. The van der Waals surface area contributed by atoms with E-state index in [2.05, 4.69) is 31.4 Å². The van der Waals surface area contributed by atoms with Gasteiger partial charge in [-0.1, -0.05) is 21.1 Å². The van der Waals surface area contributed by atoms with Gasteiger partial charge in [0.15, 0.2) is 5.76 Å². The van der Waals surface area contributed by atoms with Crippen molar-refractivity contribution in [2.75, 3.05) is 13.7 Å². The largest absolute Gasteiger partial charge is 0.485 e. The molecule has 4 heterocycles. The maximum Gasteiger partial charge on any atom is 0.407 e. The Morgan fingerprint density at radius 3 is 3.06 bits per heavy atom. The van der Waals surface area contributed by atoms with E-state index in [1.54, 1.807) is 11.0 Å². The minimum atomic E-state index is -0.759. The van der Waals surface area contributed by atoms with Gasteiger partial charge in [0.05, 0.1) is 24.5 Å². The summed E-state index contributed by atoms with van der Waals surface area (Å²) in [7, 11) is 1.28. The monoisotopic (exact) mass is 529 g/mol. The van der Waals surface area contributed by atoms with Gasteiger partial charge in [-0.2, -0.15) is 0 Å². The number of carbonyl (C=O) groups is 2. The molecular weight excluding hydrogens is 506 g/mol. The zero-order valence-corrected chi connectivity index (χ0v) is 20.1. The number of nitrogens with zero attached hydrogens (tertiary/aromatic N) is 3. The Bertz CT molecular complexity index is 1210. The van der Waals surface area contributed by atoms with Crippen LogP contribution in [0.25, 0.3) is 11.3 Å². The molecule has 2 aliphatic heterocycles. The molecule has 4 bridgehead atoms. The van der Waals surface area contributed by atoms with E-state index in [1.807, 2.05) is 24.4 Å². The van der Waals surface area contributed by atoms with Gasteiger partial charge >= 0.3 is 6.09 Å². The van der Waals surface area contributed by atoms with Gasteiger partial charge in [-0.25, -0.2) is 9.78 Å². The lowest BCUT2D eigenvalue weighted by Gasteiger charge is -2.28. The molecule has 0 aliphatic carbocycles. The quantitative estimate of drug-likeness (QED) is 0.492. The average Bonchev–Trinajstić information content (AvgIpc) is 3.59. The predicted octanol–water partition coefficient (Wildman–Crippen LogP) is 3.74. The molecule has 2 atom stereocenters. The van der Waals surface area contributed by atoms with Gasteiger partial charge in [-0.3, -0.25) is 4.79 Å². The number of hydrogen-bond donors (Lipinski definition) is 2. The summed E-state index contributed by atoms with van der Waals surface area (Å²) >= 11 is 3.50. The number of aryl methyl sites for hydroxylation is 1. The third kappa shape index (κ3) is 4.52. The Balaban J connectivity index is 1.54. The molecule has 2 N–H and O–H groups in total. The first-order valence-electron chi connectivity index (χ1n) is 11.1. The fourth-order valence-corrected chi connectivity index (χ4v) is 4.77. The fourth-order valence-electron chi connectivity index (χ4n) is 4.43. The number of amides is 2. The lowest BCUT2D eigenvalue weighted by Crippen LogP contribution is -2.48. The van der Waals surface area contributed by atoms with E-state index in [9.17, 15) is 9.59 Å².